The molecular weight excluding hydrogens is 496 g/mol. The molecule has 0 fully saturated rings. The minimum atomic E-state index is -0.316. The summed E-state index contributed by atoms with van der Waals surface area (Å²) in [5, 5.41) is 6.63. The van der Waals surface area contributed by atoms with Crippen molar-refractivity contribution >= 4 is 23.1 Å². The Morgan fingerprint density at radius 1 is 1.15 bits per heavy atom. The zero-order valence-corrected chi connectivity index (χ0v) is 27.0. The minimum absolute atomic E-state index is 0.246. The second-order valence-electron chi connectivity index (χ2n) is 9.21. The first-order valence-corrected chi connectivity index (χ1v) is 14.7. The van der Waals surface area contributed by atoms with Crippen LogP contribution in [-0.2, 0) is 9.53 Å². The van der Waals surface area contributed by atoms with Crippen molar-refractivity contribution in [3.05, 3.63) is 73.0 Å². The number of esters is 1. The Labute approximate surface area is 246 Å². The lowest BCUT2D eigenvalue weighted by atomic mass is 9.98. The van der Waals surface area contributed by atoms with Crippen LogP contribution in [0.3, 0.4) is 0 Å². The third-order valence-electron chi connectivity index (χ3n) is 5.89. The summed E-state index contributed by atoms with van der Waals surface area (Å²) in [6.45, 7) is 23.4. The van der Waals surface area contributed by atoms with Crippen LogP contribution in [0.25, 0.3) is 0 Å². The van der Waals surface area contributed by atoms with E-state index in [9.17, 15) is 4.79 Å². The number of nitrogens with one attached hydrogen (secondary N) is 2. The van der Waals surface area contributed by atoms with Crippen LogP contribution in [0.2, 0.25) is 0 Å². The first kappa shape index (κ1) is 38.9. The van der Waals surface area contributed by atoms with Crippen molar-refractivity contribution in [2.75, 3.05) is 51.5 Å². The van der Waals surface area contributed by atoms with Gasteiger partial charge in [-0.3, -0.25) is 4.99 Å². The van der Waals surface area contributed by atoms with Crippen molar-refractivity contribution in [1.82, 2.24) is 4.90 Å². The summed E-state index contributed by atoms with van der Waals surface area (Å²) in [6, 6.07) is 6.38. The molecule has 40 heavy (non-hydrogen) atoms. The van der Waals surface area contributed by atoms with Crippen LogP contribution in [0.5, 0.6) is 0 Å². The van der Waals surface area contributed by atoms with Gasteiger partial charge in [-0.25, -0.2) is 4.79 Å². The monoisotopic (exact) mass is 554 g/mol. The van der Waals surface area contributed by atoms with Crippen LogP contribution in [0, 0.1) is 12.8 Å². The number of rotatable bonds is 17. The first-order chi connectivity index (χ1) is 19.3. The lowest BCUT2D eigenvalue weighted by Gasteiger charge is -2.27. The fourth-order valence-corrected chi connectivity index (χ4v) is 3.76. The second-order valence-corrected chi connectivity index (χ2v) is 9.21. The molecule has 0 amide bonds. The van der Waals surface area contributed by atoms with Crippen LogP contribution in [0.15, 0.2) is 72.4 Å². The van der Waals surface area contributed by atoms with Crippen molar-refractivity contribution < 1.29 is 9.53 Å². The summed E-state index contributed by atoms with van der Waals surface area (Å²) >= 11 is 0. The Kier molecular flexibility index (Phi) is 25.2. The van der Waals surface area contributed by atoms with E-state index >= 15 is 0 Å². The van der Waals surface area contributed by atoms with Gasteiger partial charge in [-0.15, -0.1) is 6.58 Å². The molecule has 0 heterocycles. The summed E-state index contributed by atoms with van der Waals surface area (Å²) in [5.41, 5.74) is 5.75. The predicted molar refractivity (Wildman–Crippen MR) is 179 cm³/mol. The van der Waals surface area contributed by atoms with Crippen molar-refractivity contribution in [1.29, 1.82) is 0 Å². The molecule has 0 radical (unpaired) electrons. The molecule has 2 N–H and O–H groups in total. The zero-order valence-electron chi connectivity index (χ0n) is 27.0. The number of benzene rings is 1. The van der Waals surface area contributed by atoms with E-state index < -0.39 is 0 Å². The molecule has 1 rings (SSSR count). The summed E-state index contributed by atoms with van der Waals surface area (Å²) < 4.78 is 4.62. The SMILES string of the molecule is C=CCC(/C=C/C(=O)OC)CC(=C)N(CCC)CCC.CC.CN=C(C)/C=C\CCNc1ccc(C)cc1NC. The predicted octanol–water partition coefficient (Wildman–Crippen LogP) is 8.45. The Balaban J connectivity index is 0. The van der Waals surface area contributed by atoms with Gasteiger partial charge in [0, 0.05) is 51.2 Å². The van der Waals surface area contributed by atoms with Crippen molar-refractivity contribution in [3.8, 4) is 0 Å². The highest BCUT2D eigenvalue weighted by atomic mass is 16.5. The molecule has 1 unspecified atom stereocenters. The van der Waals surface area contributed by atoms with Gasteiger partial charge in [0.05, 0.1) is 18.5 Å². The van der Waals surface area contributed by atoms with E-state index in [2.05, 4.69) is 89.5 Å². The maximum atomic E-state index is 11.2. The van der Waals surface area contributed by atoms with Gasteiger partial charge in [0.25, 0.3) is 0 Å². The first-order valence-electron chi connectivity index (χ1n) is 14.7. The van der Waals surface area contributed by atoms with Gasteiger partial charge < -0.3 is 20.3 Å². The number of ether oxygens (including phenoxy) is 1. The van der Waals surface area contributed by atoms with Crippen LogP contribution in [-0.4, -0.2) is 57.4 Å². The number of hydrogen-bond acceptors (Lipinski definition) is 6. The largest absolute Gasteiger partial charge is 0.466 e. The van der Waals surface area contributed by atoms with E-state index in [0.29, 0.717) is 0 Å². The van der Waals surface area contributed by atoms with Crippen molar-refractivity contribution in [2.45, 2.75) is 73.6 Å². The van der Waals surface area contributed by atoms with Gasteiger partial charge >= 0.3 is 5.97 Å². The summed E-state index contributed by atoms with van der Waals surface area (Å²) in [4.78, 5) is 17.6. The number of aliphatic imine (C=N–C) groups is 1. The van der Waals surface area contributed by atoms with Crippen molar-refractivity contribution in [3.63, 3.8) is 0 Å². The Morgan fingerprint density at radius 3 is 2.33 bits per heavy atom. The smallest absolute Gasteiger partial charge is 0.330 e. The topological polar surface area (TPSA) is 66.0 Å². The van der Waals surface area contributed by atoms with Gasteiger partial charge in [0.15, 0.2) is 0 Å². The molecule has 0 aliphatic carbocycles. The molecule has 1 aromatic carbocycles. The molecule has 1 atom stereocenters. The molecule has 0 aromatic heterocycles. The maximum Gasteiger partial charge on any atom is 0.330 e. The summed E-state index contributed by atoms with van der Waals surface area (Å²) in [7, 11) is 5.14. The molecule has 0 spiro atoms. The van der Waals surface area contributed by atoms with E-state index in [-0.39, 0.29) is 11.9 Å². The van der Waals surface area contributed by atoms with Gasteiger partial charge in [-0.1, -0.05) is 58.6 Å². The Bertz CT molecular complexity index is 913. The van der Waals surface area contributed by atoms with Gasteiger partial charge in [0.1, 0.15) is 0 Å². The molecule has 0 saturated heterocycles. The number of aryl methyl sites for hydroxylation is 1. The molecule has 1 aromatic rings. The van der Waals surface area contributed by atoms with Crippen LogP contribution >= 0.6 is 0 Å². The summed E-state index contributed by atoms with van der Waals surface area (Å²) in [6.07, 6.45) is 14.4. The van der Waals surface area contributed by atoms with E-state index in [4.69, 9.17) is 0 Å². The quantitative estimate of drug-likeness (QED) is 0.0665. The molecule has 6 heteroatoms. The number of carbonyl (C=O) groups excluding carboxylic acids is 1. The number of methoxy groups -OCH3 is 1. The summed E-state index contributed by atoms with van der Waals surface area (Å²) in [5.74, 6) is -0.0704. The number of carbonyl (C=O) groups is 1. The fourth-order valence-electron chi connectivity index (χ4n) is 3.76. The molecular formula is C34H58N4O2. The molecule has 226 valence electrons. The fraction of sp³-hybridized carbons (Fsp3) is 0.529. The number of hydrogen-bond donors (Lipinski definition) is 2. The number of nitrogens with zero attached hydrogens (tertiary/aromatic N) is 2. The van der Waals surface area contributed by atoms with Gasteiger partial charge in [0.2, 0.25) is 0 Å². The molecule has 6 nitrogen and oxygen atoms in total. The standard InChI is InChI=1S/C17H29NO2.C15H23N3.C2H6/c1-6-9-16(10-11-17(19)20-5)14-15(4)18(12-7-2)13-8-3;1-12-8-9-14(15(11-12)17-4)18-10-6-5-7-13(2)16-3;1-2/h6,10-11,16H,1,4,7-9,12-14H2,2-3,5H3;5,7-9,11,17-18H,6,10H2,1-4H3;1-2H3/b11-10+;7-5-,16-13?;. The number of anilines is 2. The Morgan fingerprint density at radius 2 is 1.80 bits per heavy atom. The van der Waals surface area contributed by atoms with Gasteiger partial charge in [-0.2, -0.15) is 0 Å². The average Bonchev–Trinajstić information content (AvgIpc) is 2.97. The van der Waals surface area contributed by atoms with Gasteiger partial charge in [-0.05, 0) is 75.6 Å². The third-order valence-corrected chi connectivity index (χ3v) is 5.89. The average molecular weight is 555 g/mol. The number of allylic oxidation sites excluding steroid dienone is 4. The Hall–Kier alpha value is -3.28. The normalized spacial score (nSPS) is 11.6. The highest BCUT2D eigenvalue weighted by Crippen LogP contribution is 2.22. The van der Waals surface area contributed by atoms with Crippen LogP contribution in [0.4, 0.5) is 11.4 Å². The lowest BCUT2D eigenvalue weighted by molar-refractivity contribution is -0.134. The minimum Gasteiger partial charge on any atom is -0.466 e. The third kappa shape index (κ3) is 18.9. The zero-order chi connectivity index (χ0) is 30.8. The van der Waals surface area contributed by atoms with Crippen LogP contribution in [0.1, 0.15) is 72.3 Å². The molecule has 0 aliphatic heterocycles. The van der Waals surface area contributed by atoms with E-state index in [1.54, 1.807) is 0 Å². The maximum absolute atomic E-state index is 11.2. The van der Waals surface area contributed by atoms with Crippen LogP contribution < -0.4 is 10.6 Å². The van der Waals surface area contributed by atoms with E-state index in [1.165, 1.54) is 18.7 Å². The highest BCUT2D eigenvalue weighted by Gasteiger charge is 2.11. The van der Waals surface area contributed by atoms with E-state index in [0.717, 1.165) is 74.5 Å². The lowest BCUT2D eigenvalue weighted by Crippen LogP contribution is -2.25. The molecule has 0 bridgehead atoms. The van der Waals surface area contributed by atoms with Crippen molar-refractivity contribution in [2.24, 2.45) is 10.9 Å². The highest BCUT2D eigenvalue weighted by molar-refractivity contribution is 5.92. The molecule has 0 saturated carbocycles. The molecule has 0 aliphatic rings. The second kappa shape index (κ2) is 26.0. The van der Waals surface area contributed by atoms with E-state index in [1.807, 2.05) is 47.0 Å².